The smallest absolute Gasteiger partial charge is 0.327 e. The van der Waals surface area contributed by atoms with Gasteiger partial charge < -0.3 is 15.2 Å². The normalized spacial score (nSPS) is 11.2. The van der Waals surface area contributed by atoms with Crippen LogP contribution in [0.5, 0.6) is 5.75 Å². The Morgan fingerprint density at radius 3 is 2.55 bits per heavy atom. The number of esters is 1. The summed E-state index contributed by atoms with van der Waals surface area (Å²) >= 11 is 0. The van der Waals surface area contributed by atoms with E-state index in [1.54, 1.807) is 19.1 Å². The molecule has 0 bridgehead atoms. The maximum absolute atomic E-state index is 11.6. The minimum Gasteiger partial charge on any atom is -0.489 e. The third-order valence-corrected chi connectivity index (χ3v) is 3.01. The van der Waals surface area contributed by atoms with E-state index in [4.69, 9.17) is 15.2 Å². The second kappa shape index (κ2) is 9.07. The van der Waals surface area contributed by atoms with E-state index in [1.165, 1.54) is 0 Å². The zero-order chi connectivity index (χ0) is 15.1. The molecule has 5 heteroatoms. The first kappa shape index (κ1) is 18.0. The predicted octanol–water partition coefficient (Wildman–Crippen LogP) is 3.25. The van der Waals surface area contributed by atoms with Gasteiger partial charge in [0.15, 0.2) is 0 Å². The third kappa shape index (κ3) is 5.06. The van der Waals surface area contributed by atoms with Crippen LogP contribution in [0.15, 0.2) is 54.6 Å². The van der Waals surface area contributed by atoms with Crippen LogP contribution in [0.4, 0.5) is 0 Å². The van der Waals surface area contributed by atoms with E-state index in [0.717, 1.165) is 5.56 Å². The topological polar surface area (TPSA) is 61.5 Å². The van der Waals surface area contributed by atoms with Crippen molar-refractivity contribution in [2.75, 3.05) is 6.61 Å². The van der Waals surface area contributed by atoms with Crippen LogP contribution in [0.3, 0.4) is 0 Å². The molecule has 4 nitrogen and oxygen atoms in total. The fourth-order valence-electron chi connectivity index (χ4n) is 1.91. The van der Waals surface area contributed by atoms with Gasteiger partial charge in [-0.05, 0) is 30.2 Å². The van der Waals surface area contributed by atoms with E-state index in [0.29, 0.717) is 24.5 Å². The van der Waals surface area contributed by atoms with Gasteiger partial charge >= 0.3 is 5.97 Å². The highest BCUT2D eigenvalue weighted by Gasteiger charge is 2.17. The zero-order valence-electron chi connectivity index (χ0n) is 12.4. The molecule has 1 unspecified atom stereocenters. The van der Waals surface area contributed by atoms with Gasteiger partial charge in [0.1, 0.15) is 18.4 Å². The van der Waals surface area contributed by atoms with Crippen molar-refractivity contribution in [2.45, 2.75) is 19.6 Å². The van der Waals surface area contributed by atoms with Crippen LogP contribution < -0.4 is 10.5 Å². The summed E-state index contributed by atoms with van der Waals surface area (Å²) in [6, 6.07) is 16.3. The molecule has 0 aliphatic carbocycles. The number of carbonyl (C=O) groups excluding carboxylic acids is 1. The largest absolute Gasteiger partial charge is 0.489 e. The van der Waals surface area contributed by atoms with Gasteiger partial charge in [-0.1, -0.05) is 42.5 Å². The number of hydrogen-bond acceptors (Lipinski definition) is 4. The van der Waals surface area contributed by atoms with Gasteiger partial charge in [-0.15, -0.1) is 12.4 Å². The quantitative estimate of drug-likeness (QED) is 0.830. The molecule has 2 N–H and O–H groups in total. The van der Waals surface area contributed by atoms with E-state index in [1.807, 2.05) is 42.5 Å². The Morgan fingerprint density at radius 2 is 1.86 bits per heavy atom. The van der Waals surface area contributed by atoms with Gasteiger partial charge in [0, 0.05) is 0 Å². The summed E-state index contributed by atoms with van der Waals surface area (Å²) in [5.41, 5.74) is 7.63. The molecule has 0 aliphatic rings. The molecular weight excluding hydrogens is 302 g/mol. The molecule has 118 valence electrons. The second-order valence-electron chi connectivity index (χ2n) is 4.58. The Bertz CT molecular complexity index is 589. The van der Waals surface area contributed by atoms with Gasteiger partial charge in [0.05, 0.1) is 6.61 Å². The van der Waals surface area contributed by atoms with Crippen molar-refractivity contribution in [1.29, 1.82) is 0 Å². The highest BCUT2D eigenvalue weighted by molar-refractivity contribution is 5.85. The van der Waals surface area contributed by atoms with Gasteiger partial charge in [-0.25, -0.2) is 4.79 Å². The first-order valence-electron chi connectivity index (χ1n) is 6.89. The highest BCUT2D eigenvalue weighted by atomic mass is 35.5. The van der Waals surface area contributed by atoms with E-state index in [9.17, 15) is 4.79 Å². The number of hydrogen-bond donors (Lipinski definition) is 1. The number of carbonyl (C=O) groups is 1. The lowest BCUT2D eigenvalue weighted by Crippen LogP contribution is -2.23. The zero-order valence-corrected chi connectivity index (χ0v) is 13.2. The number of benzene rings is 2. The van der Waals surface area contributed by atoms with Crippen LogP contribution in [0.1, 0.15) is 24.1 Å². The third-order valence-electron chi connectivity index (χ3n) is 3.01. The Labute approximate surface area is 136 Å². The molecule has 0 spiro atoms. The average molecular weight is 322 g/mol. The van der Waals surface area contributed by atoms with E-state index in [-0.39, 0.29) is 12.4 Å². The molecule has 2 aromatic carbocycles. The molecule has 22 heavy (non-hydrogen) atoms. The summed E-state index contributed by atoms with van der Waals surface area (Å²) in [6.07, 6.45) is 0. The van der Waals surface area contributed by atoms with E-state index in [2.05, 4.69) is 0 Å². The standard InChI is InChI=1S/C17H19NO3.ClH/c1-2-20-17(19)16(18)14-9-6-10-15(11-14)21-12-13-7-4-3-5-8-13;/h3-11,16H,2,12,18H2,1H3;1H. The monoisotopic (exact) mass is 321 g/mol. The van der Waals surface area contributed by atoms with Crippen molar-refractivity contribution in [3.63, 3.8) is 0 Å². The summed E-state index contributed by atoms with van der Waals surface area (Å²) in [5, 5.41) is 0. The van der Waals surface area contributed by atoms with Crippen LogP contribution in [0.25, 0.3) is 0 Å². The molecule has 0 aromatic heterocycles. The highest BCUT2D eigenvalue weighted by Crippen LogP contribution is 2.20. The Morgan fingerprint density at radius 1 is 1.14 bits per heavy atom. The van der Waals surface area contributed by atoms with Gasteiger partial charge in [-0.2, -0.15) is 0 Å². The van der Waals surface area contributed by atoms with Crippen LogP contribution in [-0.2, 0) is 16.1 Å². The summed E-state index contributed by atoms with van der Waals surface area (Å²) in [7, 11) is 0. The van der Waals surface area contributed by atoms with Crippen molar-refractivity contribution in [1.82, 2.24) is 0 Å². The number of nitrogens with two attached hydrogens (primary N) is 1. The molecule has 2 aromatic rings. The summed E-state index contributed by atoms with van der Waals surface area (Å²) in [5.74, 6) is 0.244. The molecule has 1 atom stereocenters. The maximum Gasteiger partial charge on any atom is 0.327 e. The minimum absolute atomic E-state index is 0. The predicted molar refractivity (Wildman–Crippen MR) is 88.0 cm³/mol. The van der Waals surface area contributed by atoms with Crippen molar-refractivity contribution < 1.29 is 14.3 Å². The molecular formula is C17H20ClNO3. The lowest BCUT2D eigenvalue weighted by atomic mass is 10.1. The van der Waals surface area contributed by atoms with Crippen LogP contribution >= 0.6 is 12.4 Å². The summed E-state index contributed by atoms with van der Waals surface area (Å²) < 4.78 is 10.6. The van der Waals surface area contributed by atoms with Crippen molar-refractivity contribution in [2.24, 2.45) is 5.73 Å². The lowest BCUT2D eigenvalue weighted by Gasteiger charge is -2.12. The molecule has 0 radical (unpaired) electrons. The van der Waals surface area contributed by atoms with Gasteiger partial charge in [-0.3, -0.25) is 0 Å². The molecule has 0 heterocycles. The lowest BCUT2D eigenvalue weighted by molar-refractivity contribution is -0.144. The van der Waals surface area contributed by atoms with Crippen molar-refractivity contribution in [3.05, 3.63) is 65.7 Å². The van der Waals surface area contributed by atoms with Gasteiger partial charge in [0.2, 0.25) is 0 Å². The second-order valence-corrected chi connectivity index (χ2v) is 4.58. The fourth-order valence-corrected chi connectivity index (χ4v) is 1.91. The van der Waals surface area contributed by atoms with E-state index >= 15 is 0 Å². The summed E-state index contributed by atoms with van der Waals surface area (Å²) in [4.78, 5) is 11.6. The van der Waals surface area contributed by atoms with E-state index < -0.39 is 12.0 Å². The molecule has 2 rings (SSSR count). The maximum atomic E-state index is 11.6. The van der Waals surface area contributed by atoms with Crippen LogP contribution in [-0.4, -0.2) is 12.6 Å². The first-order chi connectivity index (χ1) is 10.2. The van der Waals surface area contributed by atoms with Gasteiger partial charge in [0.25, 0.3) is 0 Å². The summed E-state index contributed by atoms with van der Waals surface area (Å²) in [6.45, 7) is 2.54. The van der Waals surface area contributed by atoms with Crippen molar-refractivity contribution in [3.8, 4) is 5.75 Å². The van der Waals surface area contributed by atoms with Crippen LogP contribution in [0.2, 0.25) is 0 Å². The Balaban J connectivity index is 0.00000242. The minimum atomic E-state index is -0.787. The van der Waals surface area contributed by atoms with Crippen LogP contribution in [0, 0.1) is 0 Å². The molecule has 0 aliphatic heterocycles. The number of halogens is 1. The molecule has 0 amide bonds. The Hall–Kier alpha value is -2.04. The molecule has 0 saturated carbocycles. The molecule has 0 saturated heterocycles. The first-order valence-corrected chi connectivity index (χ1v) is 6.89. The SMILES string of the molecule is CCOC(=O)C(N)c1cccc(OCc2ccccc2)c1.Cl. The van der Waals surface area contributed by atoms with Crippen molar-refractivity contribution >= 4 is 18.4 Å². The average Bonchev–Trinajstić information content (AvgIpc) is 2.54. The Kier molecular flexibility index (Phi) is 7.43. The molecule has 0 fully saturated rings. The number of ether oxygens (including phenoxy) is 2. The fraction of sp³-hybridized carbons (Fsp3) is 0.235. The number of rotatable bonds is 6.